The Labute approximate surface area is 182 Å². The minimum absolute atomic E-state index is 0.0108. The zero-order valence-corrected chi connectivity index (χ0v) is 19.0. The average Bonchev–Trinajstić information content (AvgIpc) is 2.72. The molecule has 11 heteroatoms. The fourth-order valence-corrected chi connectivity index (χ4v) is 1.68. The van der Waals surface area contributed by atoms with Crippen LogP contribution >= 0.6 is 0 Å². The van der Waals surface area contributed by atoms with E-state index in [1.807, 2.05) is 13.8 Å². The summed E-state index contributed by atoms with van der Waals surface area (Å²) in [5.41, 5.74) is 0. The predicted octanol–water partition coefficient (Wildman–Crippen LogP) is 2.77. The summed E-state index contributed by atoms with van der Waals surface area (Å²) in [6.07, 6.45) is -3.51. The molecule has 0 fully saturated rings. The third-order valence-corrected chi connectivity index (χ3v) is 3.89. The van der Waals surface area contributed by atoms with Crippen molar-refractivity contribution < 1.29 is 52.3 Å². The van der Waals surface area contributed by atoms with Gasteiger partial charge in [-0.15, -0.1) is 0 Å². The van der Waals surface area contributed by atoms with Gasteiger partial charge in [0.15, 0.2) is 12.2 Å². The molecule has 31 heavy (non-hydrogen) atoms. The van der Waals surface area contributed by atoms with Crippen LogP contribution in [0.4, 0.5) is 9.59 Å². The summed E-state index contributed by atoms with van der Waals surface area (Å²) >= 11 is 0. The first-order chi connectivity index (χ1) is 14.6. The number of hydrogen-bond acceptors (Lipinski definition) is 11. The Bertz CT molecular complexity index is 515. The lowest BCUT2D eigenvalue weighted by Crippen LogP contribution is -2.29. The van der Waals surface area contributed by atoms with Crippen molar-refractivity contribution in [1.29, 1.82) is 0 Å². The van der Waals surface area contributed by atoms with E-state index in [-0.39, 0.29) is 38.6 Å². The molecule has 0 aliphatic heterocycles. The van der Waals surface area contributed by atoms with E-state index in [1.165, 1.54) is 13.8 Å². The Morgan fingerprint density at radius 1 is 0.581 bits per heavy atom. The van der Waals surface area contributed by atoms with Gasteiger partial charge < -0.3 is 33.2 Å². The highest BCUT2D eigenvalue weighted by molar-refractivity contribution is 5.77. The lowest BCUT2D eigenvalue weighted by Gasteiger charge is -2.16. The van der Waals surface area contributed by atoms with Crippen LogP contribution in [0.15, 0.2) is 0 Å². The maximum atomic E-state index is 11.7. The van der Waals surface area contributed by atoms with Crippen LogP contribution in [0, 0.1) is 0 Å². The van der Waals surface area contributed by atoms with Gasteiger partial charge in [-0.05, 0) is 40.5 Å². The minimum atomic E-state index is -1.09. The number of esters is 2. The van der Waals surface area contributed by atoms with E-state index in [2.05, 4.69) is 0 Å². The SMILES string of the molecule is CC[C@H](C)OC(=O)[C@H](C)OC(=O)OCCOCCOC(=O)O[C@H](C)C(=O)O[C@@H](C)CC. The van der Waals surface area contributed by atoms with Crippen LogP contribution in [0.3, 0.4) is 0 Å². The van der Waals surface area contributed by atoms with Gasteiger partial charge in [0.05, 0.1) is 25.4 Å². The van der Waals surface area contributed by atoms with Crippen molar-refractivity contribution in [2.45, 2.75) is 78.8 Å². The maximum Gasteiger partial charge on any atom is 0.509 e. The first-order valence-electron chi connectivity index (χ1n) is 10.3. The van der Waals surface area contributed by atoms with Crippen molar-refractivity contribution in [2.24, 2.45) is 0 Å². The molecule has 0 spiro atoms. The van der Waals surface area contributed by atoms with Crippen LogP contribution < -0.4 is 0 Å². The molecule has 0 saturated heterocycles. The van der Waals surface area contributed by atoms with E-state index in [0.29, 0.717) is 12.8 Å². The Morgan fingerprint density at radius 3 is 1.26 bits per heavy atom. The lowest BCUT2D eigenvalue weighted by molar-refractivity contribution is -0.159. The van der Waals surface area contributed by atoms with Crippen LogP contribution in [-0.2, 0) is 42.7 Å². The summed E-state index contributed by atoms with van der Waals surface area (Å²) in [4.78, 5) is 46.3. The average molecular weight is 450 g/mol. The zero-order chi connectivity index (χ0) is 23.8. The second-order valence-corrected chi connectivity index (χ2v) is 6.64. The highest BCUT2D eigenvalue weighted by Crippen LogP contribution is 2.04. The molecule has 0 unspecified atom stereocenters. The quantitative estimate of drug-likeness (QED) is 0.220. The van der Waals surface area contributed by atoms with E-state index in [1.54, 1.807) is 13.8 Å². The van der Waals surface area contributed by atoms with E-state index in [0.717, 1.165) is 0 Å². The molecule has 0 rings (SSSR count). The summed E-state index contributed by atoms with van der Waals surface area (Å²) in [5.74, 6) is -1.32. The zero-order valence-electron chi connectivity index (χ0n) is 19.0. The van der Waals surface area contributed by atoms with Gasteiger partial charge in [-0.3, -0.25) is 0 Å². The molecule has 11 nitrogen and oxygen atoms in total. The Morgan fingerprint density at radius 2 is 0.935 bits per heavy atom. The van der Waals surface area contributed by atoms with Crippen LogP contribution in [0.25, 0.3) is 0 Å². The van der Waals surface area contributed by atoms with Crippen molar-refractivity contribution in [1.82, 2.24) is 0 Å². The van der Waals surface area contributed by atoms with E-state index >= 15 is 0 Å². The standard InChI is InChI=1S/C20H34O11/c1-7-13(3)28-17(21)15(5)30-19(23)26-11-9-25-10-12-27-20(24)31-16(6)18(22)29-14(4)8-2/h13-16H,7-12H2,1-6H3/t13-,14-,15-,16+/m0/s1. The van der Waals surface area contributed by atoms with Crippen molar-refractivity contribution >= 4 is 24.2 Å². The highest BCUT2D eigenvalue weighted by atomic mass is 16.7. The van der Waals surface area contributed by atoms with Gasteiger partial charge >= 0.3 is 24.2 Å². The molecule has 0 bridgehead atoms. The van der Waals surface area contributed by atoms with E-state index in [9.17, 15) is 19.2 Å². The molecule has 0 aliphatic carbocycles. The van der Waals surface area contributed by atoms with Crippen LogP contribution in [0.1, 0.15) is 54.4 Å². The molecule has 0 aromatic heterocycles. The van der Waals surface area contributed by atoms with Gasteiger partial charge in [-0.2, -0.15) is 0 Å². The fraction of sp³-hybridized carbons (Fsp3) is 0.800. The van der Waals surface area contributed by atoms with Crippen molar-refractivity contribution in [3.8, 4) is 0 Å². The van der Waals surface area contributed by atoms with Crippen molar-refractivity contribution in [3.63, 3.8) is 0 Å². The summed E-state index contributed by atoms with van der Waals surface area (Å²) < 4.78 is 34.3. The molecular formula is C20H34O11. The summed E-state index contributed by atoms with van der Waals surface area (Å²) in [6, 6.07) is 0. The van der Waals surface area contributed by atoms with Crippen LogP contribution in [-0.4, -0.2) is 75.1 Å². The number of hydrogen-bond donors (Lipinski definition) is 0. The van der Waals surface area contributed by atoms with Gasteiger partial charge in [0.2, 0.25) is 0 Å². The molecule has 0 aliphatic rings. The molecule has 0 aromatic rings. The third kappa shape index (κ3) is 14.1. The largest absolute Gasteiger partial charge is 0.509 e. The molecule has 0 aromatic carbocycles. The summed E-state index contributed by atoms with van der Waals surface area (Å²) in [7, 11) is 0. The second kappa shape index (κ2) is 16.2. The number of ether oxygens (including phenoxy) is 7. The highest BCUT2D eigenvalue weighted by Gasteiger charge is 2.22. The number of carbonyl (C=O) groups excluding carboxylic acids is 4. The normalized spacial score (nSPS) is 14.4. The predicted molar refractivity (Wildman–Crippen MR) is 106 cm³/mol. The van der Waals surface area contributed by atoms with Gasteiger partial charge in [0.25, 0.3) is 0 Å². The summed E-state index contributed by atoms with van der Waals surface area (Å²) in [5, 5.41) is 0. The number of rotatable bonds is 14. The van der Waals surface area contributed by atoms with Crippen LogP contribution in [0.2, 0.25) is 0 Å². The van der Waals surface area contributed by atoms with E-state index in [4.69, 9.17) is 33.2 Å². The molecule has 0 N–H and O–H groups in total. The summed E-state index contributed by atoms with van der Waals surface area (Å²) in [6.45, 7) is 9.69. The van der Waals surface area contributed by atoms with Gasteiger partial charge in [-0.1, -0.05) is 13.8 Å². The molecule has 0 heterocycles. The Hall–Kier alpha value is -2.56. The fourth-order valence-electron chi connectivity index (χ4n) is 1.68. The van der Waals surface area contributed by atoms with Gasteiger partial charge in [0, 0.05) is 0 Å². The number of carbonyl (C=O) groups is 4. The third-order valence-electron chi connectivity index (χ3n) is 3.89. The first kappa shape index (κ1) is 28.4. The van der Waals surface area contributed by atoms with Crippen molar-refractivity contribution in [2.75, 3.05) is 26.4 Å². The molecule has 180 valence electrons. The van der Waals surface area contributed by atoms with Gasteiger partial charge in [0.1, 0.15) is 13.2 Å². The topological polar surface area (TPSA) is 133 Å². The second-order valence-electron chi connectivity index (χ2n) is 6.64. The first-order valence-corrected chi connectivity index (χ1v) is 10.3. The molecule has 4 atom stereocenters. The molecular weight excluding hydrogens is 416 g/mol. The smallest absolute Gasteiger partial charge is 0.460 e. The van der Waals surface area contributed by atoms with Gasteiger partial charge in [-0.25, -0.2) is 19.2 Å². The maximum absolute atomic E-state index is 11.7. The van der Waals surface area contributed by atoms with Crippen molar-refractivity contribution in [3.05, 3.63) is 0 Å². The van der Waals surface area contributed by atoms with Crippen LogP contribution in [0.5, 0.6) is 0 Å². The Kier molecular flexibility index (Phi) is 14.8. The minimum Gasteiger partial charge on any atom is -0.460 e. The molecule has 0 saturated carbocycles. The monoisotopic (exact) mass is 450 g/mol. The molecule has 0 amide bonds. The lowest BCUT2D eigenvalue weighted by atomic mass is 10.3. The molecule has 0 radical (unpaired) electrons. The Balaban J connectivity index is 3.82. The van der Waals surface area contributed by atoms with E-state index < -0.39 is 36.5 Å².